The second kappa shape index (κ2) is 6.25. The van der Waals surface area contributed by atoms with Crippen LogP contribution in [-0.4, -0.2) is 12.0 Å². The maximum absolute atomic E-state index is 10.7. The van der Waals surface area contributed by atoms with Gasteiger partial charge in [-0.2, -0.15) is 0 Å². The number of hydrogen-bond donors (Lipinski definition) is 1. The van der Waals surface area contributed by atoms with Crippen LogP contribution in [0.3, 0.4) is 0 Å². The van der Waals surface area contributed by atoms with Gasteiger partial charge in [0.1, 0.15) is 5.75 Å². The molecule has 0 aliphatic heterocycles. The average Bonchev–Trinajstić information content (AvgIpc) is 2.46. The van der Waals surface area contributed by atoms with E-state index in [2.05, 4.69) is 5.32 Å². The molecule has 0 saturated heterocycles. The molecule has 1 N–H and O–H groups in total. The summed E-state index contributed by atoms with van der Waals surface area (Å²) < 4.78 is 5.13. The second-order valence-corrected chi connectivity index (χ2v) is 4.53. The zero-order valence-corrected chi connectivity index (χ0v) is 11.6. The monoisotopic (exact) mass is 292 g/mol. The molecule has 0 radical (unpaired) electrons. The van der Waals surface area contributed by atoms with Gasteiger partial charge in [0, 0.05) is 35.5 Å². The molecule has 2 aromatic carbocycles. The van der Waals surface area contributed by atoms with E-state index in [-0.39, 0.29) is 5.69 Å². The number of hydrogen-bond acceptors (Lipinski definition) is 4. The molecule has 0 aromatic heterocycles. The molecule has 2 rings (SSSR count). The van der Waals surface area contributed by atoms with Crippen LogP contribution in [0.15, 0.2) is 42.5 Å². The number of nitrogens with zero attached hydrogens (tertiary/aromatic N) is 1. The highest BCUT2D eigenvalue weighted by molar-refractivity contribution is 6.31. The van der Waals surface area contributed by atoms with Gasteiger partial charge in [-0.1, -0.05) is 17.7 Å². The number of nitro benzene ring substituents is 1. The molecule has 0 bridgehead atoms. The molecule has 0 atom stereocenters. The minimum absolute atomic E-state index is 0.0249. The van der Waals surface area contributed by atoms with E-state index in [4.69, 9.17) is 16.3 Å². The number of anilines is 1. The Morgan fingerprint density at radius 3 is 2.80 bits per heavy atom. The summed E-state index contributed by atoms with van der Waals surface area (Å²) in [5.74, 6) is 0.736. The second-order valence-electron chi connectivity index (χ2n) is 4.12. The molecule has 20 heavy (non-hydrogen) atoms. The van der Waals surface area contributed by atoms with Crippen LogP contribution in [-0.2, 0) is 6.54 Å². The Kier molecular flexibility index (Phi) is 4.42. The maximum atomic E-state index is 10.7. The van der Waals surface area contributed by atoms with E-state index >= 15 is 0 Å². The Labute approximate surface area is 121 Å². The van der Waals surface area contributed by atoms with Crippen LogP contribution in [0.25, 0.3) is 0 Å². The molecule has 0 fully saturated rings. The third-order valence-corrected chi connectivity index (χ3v) is 3.16. The van der Waals surface area contributed by atoms with Gasteiger partial charge in [0.25, 0.3) is 5.69 Å². The zero-order valence-electron chi connectivity index (χ0n) is 10.8. The first-order valence-corrected chi connectivity index (χ1v) is 6.28. The van der Waals surface area contributed by atoms with E-state index in [1.165, 1.54) is 18.2 Å². The number of nitro groups is 1. The molecule has 0 saturated carbocycles. The number of ether oxygens (including phenoxy) is 1. The van der Waals surface area contributed by atoms with Crippen molar-refractivity contribution < 1.29 is 9.66 Å². The minimum atomic E-state index is -0.439. The normalized spacial score (nSPS) is 10.1. The van der Waals surface area contributed by atoms with Crippen molar-refractivity contribution in [3.8, 4) is 5.75 Å². The van der Waals surface area contributed by atoms with Crippen molar-refractivity contribution in [2.75, 3.05) is 12.4 Å². The largest absolute Gasteiger partial charge is 0.497 e. The van der Waals surface area contributed by atoms with E-state index < -0.39 is 4.92 Å². The smallest absolute Gasteiger partial charge is 0.269 e. The molecule has 6 heteroatoms. The van der Waals surface area contributed by atoms with Crippen LogP contribution < -0.4 is 10.1 Å². The number of non-ortho nitro benzene ring substituents is 1. The lowest BCUT2D eigenvalue weighted by atomic mass is 10.2. The van der Waals surface area contributed by atoms with Crippen LogP contribution in [0.1, 0.15) is 5.56 Å². The average molecular weight is 293 g/mol. The summed E-state index contributed by atoms with van der Waals surface area (Å²) >= 11 is 6.04. The fourth-order valence-corrected chi connectivity index (χ4v) is 1.92. The van der Waals surface area contributed by atoms with Crippen LogP contribution in [0, 0.1) is 10.1 Å². The van der Waals surface area contributed by atoms with Gasteiger partial charge in [-0.3, -0.25) is 10.1 Å². The molecule has 0 aliphatic carbocycles. The lowest BCUT2D eigenvalue weighted by Gasteiger charge is -2.09. The van der Waals surface area contributed by atoms with Gasteiger partial charge < -0.3 is 10.1 Å². The fraction of sp³-hybridized carbons (Fsp3) is 0.143. The Balaban J connectivity index is 2.13. The molecule has 5 nitrogen and oxygen atoms in total. The van der Waals surface area contributed by atoms with Gasteiger partial charge in [-0.15, -0.1) is 0 Å². The number of methoxy groups -OCH3 is 1. The van der Waals surface area contributed by atoms with Crippen molar-refractivity contribution in [1.82, 2.24) is 0 Å². The Hall–Kier alpha value is -2.27. The van der Waals surface area contributed by atoms with Crippen molar-refractivity contribution in [2.24, 2.45) is 0 Å². The lowest BCUT2D eigenvalue weighted by molar-refractivity contribution is -0.384. The van der Waals surface area contributed by atoms with Gasteiger partial charge in [0.2, 0.25) is 0 Å². The third kappa shape index (κ3) is 3.39. The quantitative estimate of drug-likeness (QED) is 0.671. The molecular weight excluding hydrogens is 280 g/mol. The molecule has 0 heterocycles. The predicted octanol–water partition coefficient (Wildman–Crippen LogP) is 3.87. The van der Waals surface area contributed by atoms with Crippen molar-refractivity contribution in [3.63, 3.8) is 0 Å². The number of halogens is 1. The highest BCUT2D eigenvalue weighted by Crippen LogP contribution is 2.24. The van der Waals surface area contributed by atoms with Crippen LogP contribution in [0.2, 0.25) is 5.02 Å². The van der Waals surface area contributed by atoms with Gasteiger partial charge in [-0.05, 0) is 23.8 Å². The van der Waals surface area contributed by atoms with E-state index in [9.17, 15) is 10.1 Å². The summed E-state index contributed by atoms with van der Waals surface area (Å²) in [6.45, 7) is 0.397. The van der Waals surface area contributed by atoms with E-state index in [0.29, 0.717) is 17.1 Å². The number of nitrogens with one attached hydrogen (secondary N) is 1. The Bertz CT molecular complexity index is 632. The molecule has 2 aromatic rings. The summed E-state index contributed by atoms with van der Waals surface area (Å²) in [5.41, 5.74) is 1.55. The molecule has 104 valence electrons. The van der Waals surface area contributed by atoms with Crippen molar-refractivity contribution in [1.29, 1.82) is 0 Å². The SMILES string of the molecule is COc1cccc(NCc2cc([N+](=O)[O-])ccc2Cl)c1. The molecule has 0 unspecified atom stereocenters. The topological polar surface area (TPSA) is 64.4 Å². The highest BCUT2D eigenvalue weighted by Gasteiger charge is 2.09. The van der Waals surface area contributed by atoms with Gasteiger partial charge in [0.05, 0.1) is 12.0 Å². The van der Waals surface area contributed by atoms with Gasteiger partial charge >= 0.3 is 0 Å². The lowest BCUT2D eigenvalue weighted by Crippen LogP contribution is -2.01. The van der Waals surface area contributed by atoms with Crippen molar-refractivity contribution in [3.05, 3.63) is 63.2 Å². The fourth-order valence-electron chi connectivity index (χ4n) is 1.74. The van der Waals surface area contributed by atoms with Gasteiger partial charge in [0.15, 0.2) is 0 Å². The minimum Gasteiger partial charge on any atom is -0.497 e. The summed E-state index contributed by atoms with van der Waals surface area (Å²) in [6, 6.07) is 11.8. The van der Waals surface area contributed by atoms with E-state index in [1.54, 1.807) is 7.11 Å². The van der Waals surface area contributed by atoms with Gasteiger partial charge in [-0.25, -0.2) is 0 Å². The first-order chi connectivity index (χ1) is 9.60. The third-order valence-electron chi connectivity index (χ3n) is 2.79. The van der Waals surface area contributed by atoms with Crippen LogP contribution >= 0.6 is 11.6 Å². The highest BCUT2D eigenvalue weighted by atomic mass is 35.5. The standard InChI is InChI=1S/C14H13ClN2O3/c1-20-13-4-2-3-11(8-13)16-9-10-7-12(17(18)19)5-6-14(10)15/h2-8,16H,9H2,1H3. The number of benzene rings is 2. The van der Waals surface area contributed by atoms with Crippen LogP contribution in [0.5, 0.6) is 5.75 Å². The summed E-state index contributed by atoms with van der Waals surface area (Å²) in [5, 5.41) is 14.4. The summed E-state index contributed by atoms with van der Waals surface area (Å²) in [6.07, 6.45) is 0. The summed E-state index contributed by atoms with van der Waals surface area (Å²) in [7, 11) is 1.59. The molecule has 0 amide bonds. The Morgan fingerprint density at radius 1 is 1.30 bits per heavy atom. The summed E-state index contributed by atoms with van der Waals surface area (Å²) in [4.78, 5) is 10.3. The number of rotatable bonds is 5. The molecule has 0 aliphatic rings. The van der Waals surface area contributed by atoms with Crippen molar-refractivity contribution in [2.45, 2.75) is 6.54 Å². The molecule has 0 spiro atoms. The van der Waals surface area contributed by atoms with E-state index in [1.807, 2.05) is 24.3 Å². The first-order valence-electron chi connectivity index (χ1n) is 5.91. The first kappa shape index (κ1) is 14.1. The zero-order chi connectivity index (χ0) is 14.5. The maximum Gasteiger partial charge on any atom is 0.269 e. The van der Waals surface area contributed by atoms with Crippen LogP contribution in [0.4, 0.5) is 11.4 Å². The van der Waals surface area contributed by atoms with Crippen molar-refractivity contribution >= 4 is 23.0 Å². The van der Waals surface area contributed by atoms with E-state index in [0.717, 1.165) is 11.4 Å². The Morgan fingerprint density at radius 2 is 2.10 bits per heavy atom. The molecular formula is C14H13ClN2O3. The predicted molar refractivity (Wildman–Crippen MR) is 78.4 cm³/mol.